The van der Waals surface area contributed by atoms with Crippen molar-refractivity contribution in [3.05, 3.63) is 64.2 Å². The summed E-state index contributed by atoms with van der Waals surface area (Å²) in [6, 6.07) is 14.7. The van der Waals surface area contributed by atoms with E-state index >= 15 is 0 Å². The molecule has 0 radical (unpaired) electrons. The van der Waals surface area contributed by atoms with Gasteiger partial charge in [0.05, 0.1) is 5.02 Å². The first-order chi connectivity index (χ1) is 11.6. The van der Waals surface area contributed by atoms with Crippen LogP contribution >= 0.6 is 11.6 Å². The van der Waals surface area contributed by atoms with Crippen LogP contribution in [-0.4, -0.2) is 24.5 Å². The highest BCUT2D eigenvalue weighted by molar-refractivity contribution is 6.32. The summed E-state index contributed by atoms with van der Waals surface area (Å²) in [6.45, 7) is 2.75. The van der Waals surface area contributed by atoms with Gasteiger partial charge in [0.2, 0.25) is 0 Å². The van der Waals surface area contributed by atoms with Crippen molar-refractivity contribution in [3.63, 3.8) is 0 Å². The van der Waals surface area contributed by atoms with E-state index in [4.69, 9.17) is 16.3 Å². The van der Waals surface area contributed by atoms with Crippen LogP contribution in [-0.2, 0) is 17.6 Å². The minimum Gasteiger partial charge on any atom is -0.425 e. The number of rotatable bonds is 3. The Labute approximate surface area is 148 Å². The second kappa shape index (κ2) is 7.37. The fraction of sp³-hybridized carbons (Fsp3) is 0.350. The van der Waals surface area contributed by atoms with Crippen molar-refractivity contribution in [1.29, 1.82) is 0 Å². The maximum absolute atomic E-state index is 11.6. The van der Waals surface area contributed by atoms with Gasteiger partial charge >= 0.3 is 5.97 Å². The lowest BCUT2D eigenvalue weighted by molar-refractivity contribution is -0.134. The summed E-state index contributed by atoms with van der Waals surface area (Å²) < 4.78 is 5.38. The van der Waals surface area contributed by atoms with Crippen molar-refractivity contribution >= 4 is 17.6 Å². The number of carbonyl (C=O) groups is 1. The summed E-state index contributed by atoms with van der Waals surface area (Å²) in [7, 11) is 2.16. The molecule has 0 saturated carbocycles. The van der Waals surface area contributed by atoms with Gasteiger partial charge in [-0.25, -0.2) is 0 Å². The summed E-state index contributed by atoms with van der Waals surface area (Å²) in [5.74, 6) is 0.209. The zero-order chi connectivity index (χ0) is 17.1. The molecule has 3 rings (SSSR count). The van der Waals surface area contributed by atoms with Crippen LogP contribution in [0.25, 0.3) is 0 Å². The molecule has 1 heterocycles. The standard InChI is InChI=1S/C20H22ClNO2/c1-3-20(23)24-19-13-16-12-18(14-7-5-4-6-8-14)22(2)10-9-15(16)11-17(19)21/h4-8,11,13,18H,3,9-10,12H2,1-2H3/t18-/m0/s1. The number of nitrogens with zero attached hydrogens (tertiary/aromatic N) is 1. The molecule has 1 aliphatic rings. The molecule has 2 aromatic rings. The van der Waals surface area contributed by atoms with E-state index in [1.165, 1.54) is 16.7 Å². The molecule has 1 aliphatic heterocycles. The maximum Gasteiger partial charge on any atom is 0.310 e. The van der Waals surface area contributed by atoms with Gasteiger partial charge in [-0.3, -0.25) is 9.69 Å². The normalized spacial score (nSPS) is 17.9. The number of carbonyl (C=O) groups excluding carboxylic acids is 1. The molecule has 126 valence electrons. The zero-order valence-electron chi connectivity index (χ0n) is 14.1. The molecule has 0 aliphatic carbocycles. The Morgan fingerprint density at radius 3 is 2.71 bits per heavy atom. The highest BCUT2D eigenvalue weighted by Crippen LogP contribution is 2.35. The molecule has 0 amide bonds. The van der Waals surface area contributed by atoms with Crippen molar-refractivity contribution in [2.24, 2.45) is 0 Å². The average Bonchev–Trinajstić information content (AvgIpc) is 2.75. The minimum absolute atomic E-state index is 0.262. The summed E-state index contributed by atoms with van der Waals surface area (Å²) in [5.41, 5.74) is 3.74. The van der Waals surface area contributed by atoms with E-state index in [-0.39, 0.29) is 5.97 Å². The molecular weight excluding hydrogens is 322 g/mol. The van der Waals surface area contributed by atoms with Gasteiger partial charge in [0.15, 0.2) is 0 Å². The van der Waals surface area contributed by atoms with Crippen molar-refractivity contribution in [2.45, 2.75) is 32.2 Å². The first kappa shape index (κ1) is 17.0. The predicted octanol–water partition coefficient (Wildman–Crippen LogP) is 4.43. The van der Waals surface area contributed by atoms with E-state index in [1.54, 1.807) is 6.92 Å². The van der Waals surface area contributed by atoms with E-state index in [1.807, 2.05) is 18.2 Å². The Kier molecular flexibility index (Phi) is 5.22. The van der Waals surface area contributed by atoms with Gasteiger partial charge in [-0.1, -0.05) is 48.9 Å². The SMILES string of the molecule is CCC(=O)Oc1cc2c(cc1Cl)CCN(C)[C@H](c1ccccc1)C2. The molecule has 0 fully saturated rings. The third-order valence-electron chi connectivity index (χ3n) is 4.63. The highest BCUT2D eigenvalue weighted by atomic mass is 35.5. The lowest BCUT2D eigenvalue weighted by atomic mass is 9.96. The summed E-state index contributed by atoms with van der Waals surface area (Å²) >= 11 is 6.31. The van der Waals surface area contributed by atoms with E-state index < -0.39 is 0 Å². The number of halogens is 1. The number of likely N-dealkylation sites (N-methyl/N-ethyl adjacent to an activating group) is 1. The van der Waals surface area contributed by atoms with Crippen LogP contribution in [0.4, 0.5) is 0 Å². The van der Waals surface area contributed by atoms with E-state index in [0.717, 1.165) is 19.4 Å². The predicted molar refractivity (Wildman–Crippen MR) is 96.6 cm³/mol. The van der Waals surface area contributed by atoms with Crippen LogP contribution in [0.15, 0.2) is 42.5 Å². The molecule has 0 spiro atoms. The topological polar surface area (TPSA) is 29.5 Å². The quantitative estimate of drug-likeness (QED) is 0.610. The van der Waals surface area contributed by atoms with Gasteiger partial charge in [-0.2, -0.15) is 0 Å². The smallest absolute Gasteiger partial charge is 0.310 e. The first-order valence-electron chi connectivity index (χ1n) is 8.35. The molecule has 0 unspecified atom stereocenters. The maximum atomic E-state index is 11.6. The minimum atomic E-state index is -0.262. The van der Waals surface area contributed by atoms with Gasteiger partial charge in [-0.15, -0.1) is 0 Å². The average molecular weight is 344 g/mol. The van der Waals surface area contributed by atoms with Crippen LogP contribution in [0, 0.1) is 0 Å². The number of benzene rings is 2. The second-order valence-corrected chi connectivity index (χ2v) is 6.65. The van der Waals surface area contributed by atoms with Crippen molar-refractivity contribution in [2.75, 3.05) is 13.6 Å². The van der Waals surface area contributed by atoms with E-state index in [0.29, 0.717) is 23.2 Å². The molecule has 4 heteroatoms. The second-order valence-electron chi connectivity index (χ2n) is 6.24. The van der Waals surface area contributed by atoms with Crippen LogP contribution < -0.4 is 4.74 Å². The molecule has 3 nitrogen and oxygen atoms in total. The number of hydrogen-bond acceptors (Lipinski definition) is 3. The number of fused-ring (bicyclic) bond motifs is 1. The Morgan fingerprint density at radius 1 is 1.25 bits per heavy atom. The fourth-order valence-electron chi connectivity index (χ4n) is 3.20. The summed E-state index contributed by atoms with van der Waals surface area (Å²) in [5, 5.41) is 0.511. The van der Waals surface area contributed by atoms with Crippen LogP contribution in [0.3, 0.4) is 0 Å². The highest BCUT2D eigenvalue weighted by Gasteiger charge is 2.24. The van der Waals surface area contributed by atoms with Gasteiger partial charge in [0.25, 0.3) is 0 Å². The number of esters is 1. The molecule has 24 heavy (non-hydrogen) atoms. The monoisotopic (exact) mass is 343 g/mol. The molecule has 1 atom stereocenters. The Balaban J connectivity index is 1.95. The van der Waals surface area contributed by atoms with E-state index in [2.05, 4.69) is 36.2 Å². The molecule has 0 N–H and O–H groups in total. The first-order valence-corrected chi connectivity index (χ1v) is 8.73. The van der Waals surface area contributed by atoms with Crippen molar-refractivity contribution < 1.29 is 9.53 Å². The Bertz CT molecular complexity index is 730. The lowest BCUT2D eigenvalue weighted by Gasteiger charge is -2.26. The largest absolute Gasteiger partial charge is 0.425 e. The van der Waals surface area contributed by atoms with Gasteiger partial charge in [-0.05, 0) is 48.7 Å². The van der Waals surface area contributed by atoms with Gasteiger partial charge < -0.3 is 4.74 Å². The Hall–Kier alpha value is -1.84. The van der Waals surface area contributed by atoms with Gasteiger partial charge in [0.1, 0.15) is 5.75 Å². The van der Waals surface area contributed by atoms with Crippen LogP contribution in [0.5, 0.6) is 5.75 Å². The number of hydrogen-bond donors (Lipinski definition) is 0. The summed E-state index contributed by atoms with van der Waals surface area (Å²) in [4.78, 5) is 14.0. The Morgan fingerprint density at radius 2 is 2.00 bits per heavy atom. The lowest BCUT2D eigenvalue weighted by Crippen LogP contribution is -2.26. The molecule has 2 aromatic carbocycles. The van der Waals surface area contributed by atoms with Crippen molar-refractivity contribution in [1.82, 2.24) is 4.90 Å². The molecular formula is C20H22ClNO2. The third-order valence-corrected chi connectivity index (χ3v) is 4.93. The number of ether oxygens (including phenoxy) is 1. The summed E-state index contributed by atoms with van der Waals surface area (Å²) in [6.07, 6.45) is 2.16. The van der Waals surface area contributed by atoms with Gasteiger partial charge in [0, 0.05) is 19.0 Å². The molecule has 0 bridgehead atoms. The fourth-order valence-corrected chi connectivity index (χ4v) is 3.42. The zero-order valence-corrected chi connectivity index (χ0v) is 14.8. The van der Waals surface area contributed by atoms with E-state index in [9.17, 15) is 4.79 Å². The van der Waals surface area contributed by atoms with Crippen molar-refractivity contribution in [3.8, 4) is 5.75 Å². The van der Waals surface area contributed by atoms with Crippen LogP contribution in [0.2, 0.25) is 5.02 Å². The third kappa shape index (κ3) is 3.63. The molecule has 0 aromatic heterocycles. The van der Waals surface area contributed by atoms with Crippen LogP contribution in [0.1, 0.15) is 36.1 Å². The molecule has 0 saturated heterocycles.